The number of hydrogen-bond acceptors (Lipinski definition) is 2. The molecule has 0 saturated heterocycles. The van der Waals surface area contributed by atoms with Gasteiger partial charge in [-0.15, -0.1) is 0 Å². The van der Waals surface area contributed by atoms with Gasteiger partial charge in [-0.3, -0.25) is 9.59 Å². The van der Waals surface area contributed by atoms with Gasteiger partial charge in [-0.05, 0) is 23.2 Å². The van der Waals surface area contributed by atoms with Crippen LogP contribution < -0.4 is 0 Å². The number of carbonyl (C=O) groups excluding carboxylic acids is 2. The van der Waals surface area contributed by atoms with Crippen LogP contribution in [0, 0.1) is 0 Å². The fourth-order valence-corrected chi connectivity index (χ4v) is 0.385. The first-order valence-electron chi connectivity index (χ1n) is 3.79. The van der Waals surface area contributed by atoms with E-state index in [1.165, 1.54) is 13.8 Å². The van der Waals surface area contributed by atoms with Crippen LogP contribution in [-0.2, 0) is 9.59 Å². The predicted octanol–water partition coefficient (Wildman–Crippen LogP) is 3.23. The van der Waals surface area contributed by atoms with Crippen molar-refractivity contribution in [1.82, 2.24) is 0 Å². The third kappa shape index (κ3) is 43.4. The molecule has 0 aliphatic carbocycles. The summed E-state index contributed by atoms with van der Waals surface area (Å²) in [4.78, 5) is 18.4. The quantitative estimate of drug-likeness (QED) is 0.647. The molecule has 1 aromatic rings. The third-order valence-electron chi connectivity index (χ3n) is 0.667. The van der Waals surface area contributed by atoms with E-state index in [0.29, 0.717) is 0 Å². The molecule has 0 atom stereocenters. The van der Waals surface area contributed by atoms with E-state index in [4.69, 9.17) is 0 Å². The highest BCUT2D eigenvalue weighted by Crippen LogP contribution is 1.79. The monoisotopic (exact) mass is 234 g/mol. The fourth-order valence-electron chi connectivity index (χ4n) is 0.385. The highest BCUT2D eigenvalue weighted by molar-refractivity contribution is 6.63. The second-order valence-electron chi connectivity index (χ2n) is 2.10. The summed E-state index contributed by atoms with van der Waals surface area (Å²) in [6, 6.07) is 12.0. The number of hydrogen-bond donors (Lipinski definition) is 0. The minimum Gasteiger partial charge on any atom is -0.282 e. The van der Waals surface area contributed by atoms with E-state index in [2.05, 4.69) is 23.2 Å². The largest absolute Gasteiger partial charge is 0.282 e. The molecule has 0 radical (unpaired) electrons. The summed E-state index contributed by atoms with van der Waals surface area (Å²) in [7, 11) is 0. The summed E-state index contributed by atoms with van der Waals surface area (Å²) in [5.41, 5.74) is 0. The summed E-state index contributed by atoms with van der Waals surface area (Å²) < 4.78 is 0. The zero-order chi connectivity index (χ0) is 11.4. The Morgan fingerprint density at radius 3 is 0.857 bits per heavy atom. The zero-order valence-corrected chi connectivity index (χ0v) is 9.55. The lowest BCUT2D eigenvalue weighted by atomic mass is 10.4. The molecule has 0 spiro atoms. The number of halogens is 2. The van der Waals surface area contributed by atoms with Gasteiger partial charge in [-0.2, -0.15) is 0 Å². The van der Waals surface area contributed by atoms with E-state index in [1.807, 2.05) is 36.4 Å². The Balaban J connectivity index is 0. The van der Waals surface area contributed by atoms with Crippen LogP contribution in [0.25, 0.3) is 0 Å². The van der Waals surface area contributed by atoms with Crippen LogP contribution in [0.4, 0.5) is 0 Å². The normalized spacial score (nSPS) is 7.14. The van der Waals surface area contributed by atoms with Crippen molar-refractivity contribution in [3.63, 3.8) is 0 Å². The van der Waals surface area contributed by atoms with Crippen molar-refractivity contribution in [2.45, 2.75) is 13.8 Å². The molecule has 0 aliphatic heterocycles. The van der Waals surface area contributed by atoms with Crippen molar-refractivity contribution >= 4 is 33.7 Å². The second-order valence-corrected chi connectivity index (χ2v) is 3.16. The van der Waals surface area contributed by atoms with Crippen LogP contribution in [0.5, 0.6) is 0 Å². The van der Waals surface area contributed by atoms with Gasteiger partial charge in [0.1, 0.15) is 0 Å². The van der Waals surface area contributed by atoms with Gasteiger partial charge >= 0.3 is 0 Å². The molecule has 78 valence electrons. The van der Waals surface area contributed by atoms with E-state index in [-0.39, 0.29) is 10.5 Å². The molecule has 0 N–H and O–H groups in total. The summed E-state index contributed by atoms with van der Waals surface area (Å²) in [6.45, 7) is 2.59. The lowest BCUT2D eigenvalue weighted by Crippen LogP contribution is -1.62. The van der Waals surface area contributed by atoms with E-state index < -0.39 is 0 Å². The van der Waals surface area contributed by atoms with Crippen molar-refractivity contribution in [2.75, 3.05) is 0 Å². The average molecular weight is 235 g/mol. The third-order valence-corrected chi connectivity index (χ3v) is 0.667. The topological polar surface area (TPSA) is 34.1 Å². The van der Waals surface area contributed by atoms with Gasteiger partial charge in [0, 0.05) is 13.8 Å². The molecule has 0 heterocycles. The van der Waals surface area contributed by atoms with Crippen molar-refractivity contribution in [3.05, 3.63) is 36.4 Å². The summed E-state index contributed by atoms with van der Waals surface area (Å²) in [5.74, 6) is 0. The minimum absolute atomic E-state index is 0.361. The smallest absolute Gasteiger partial charge is 0.218 e. The van der Waals surface area contributed by atoms with Crippen molar-refractivity contribution in [2.24, 2.45) is 0 Å². The van der Waals surface area contributed by atoms with Gasteiger partial charge in [0.2, 0.25) is 10.5 Å². The second kappa shape index (κ2) is 12.1. The van der Waals surface area contributed by atoms with Gasteiger partial charge in [-0.25, -0.2) is 0 Å². The first kappa shape index (κ1) is 15.6. The molecule has 0 amide bonds. The Hall–Kier alpha value is -0.860. The molecule has 0 unspecified atom stereocenters. The Kier molecular flexibility index (Phi) is 13.5. The maximum absolute atomic E-state index is 9.21. The van der Waals surface area contributed by atoms with E-state index in [0.717, 1.165) is 0 Å². The molecule has 1 aromatic carbocycles. The Morgan fingerprint density at radius 1 is 0.714 bits per heavy atom. The SMILES string of the molecule is CC(=O)Cl.CC(=O)Cl.c1ccccc1. The minimum atomic E-state index is -0.361. The first-order chi connectivity index (χ1) is 6.46. The Labute approximate surface area is 93.8 Å². The Morgan fingerprint density at radius 2 is 0.786 bits per heavy atom. The molecule has 0 aliphatic rings. The molecular formula is C10H12Cl2O2. The lowest BCUT2D eigenvalue weighted by molar-refractivity contribution is -0.110. The van der Waals surface area contributed by atoms with E-state index in [9.17, 15) is 9.59 Å². The van der Waals surface area contributed by atoms with Crippen LogP contribution in [-0.4, -0.2) is 10.5 Å². The molecule has 0 fully saturated rings. The van der Waals surface area contributed by atoms with Crippen LogP contribution >= 0.6 is 23.2 Å². The molecule has 0 saturated carbocycles. The zero-order valence-electron chi connectivity index (χ0n) is 8.04. The van der Waals surface area contributed by atoms with Crippen molar-refractivity contribution in [1.29, 1.82) is 0 Å². The van der Waals surface area contributed by atoms with E-state index >= 15 is 0 Å². The van der Waals surface area contributed by atoms with Gasteiger partial charge in [0.05, 0.1) is 0 Å². The number of rotatable bonds is 0. The standard InChI is InChI=1S/C6H6.2C2H3ClO/c1-2-4-6-5-3-1;2*1-2(3)4/h1-6H;2*1H3. The van der Waals surface area contributed by atoms with Crippen LogP contribution in [0.3, 0.4) is 0 Å². The molecule has 2 nitrogen and oxygen atoms in total. The summed E-state index contributed by atoms with van der Waals surface area (Å²) >= 11 is 9.27. The molecular weight excluding hydrogens is 223 g/mol. The molecule has 0 bridgehead atoms. The van der Waals surface area contributed by atoms with Gasteiger partial charge in [0.15, 0.2) is 0 Å². The molecule has 14 heavy (non-hydrogen) atoms. The number of benzene rings is 1. The van der Waals surface area contributed by atoms with Crippen LogP contribution in [0.2, 0.25) is 0 Å². The van der Waals surface area contributed by atoms with Gasteiger partial charge in [-0.1, -0.05) is 36.4 Å². The predicted molar refractivity (Wildman–Crippen MR) is 59.5 cm³/mol. The number of carbonyl (C=O) groups is 2. The van der Waals surface area contributed by atoms with E-state index in [1.54, 1.807) is 0 Å². The maximum Gasteiger partial charge on any atom is 0.218 e. The van der Waals surface area contributed by atoms with Crippen LogP contribution in [0.15, 0.2) is 36.4 Å². The maximum atomic E-state index is 9.21. The lowest BCUT2D eigenvalue weighted by Gasteiger charge is -1.69. The molecule has 0 aromatic heterocycles. The van der Waals surface area contributed by atoms with Crippen molar-refractivity contribution < 1.29 is 9.59 Å². The van der Waals surface area contributed by atoms with Gasteiger partial charge < -0.3 is 0 Å². The Bertz CT molecular complexity index is 201. The fraction of sp³-hybridized carbons (Fsp3) is 0.200. The first-order valence-corrected chi connectivity index (χ1v) is 4.54. The van der Waals surface area contributed by atoms with Crippen molar-refractivity contribution in [3.8, 4) is 0 Å². The molecule has 1 rings (SSSR count). The van der Waals surface area contributed by atoms with Crippen LogP contribution in [0.1, 0.15) is 13.8 Å². The van der Waals surface area contributed by atoms with Gasteiger partial charge in [0.25, 0.3) is 0 Å². The highest BCUT2D eigenvalue weighted by atomic mass is 35.5. The summed E-state index contributed by atoms with van der Waals surface area (Å²) in [5, 5.41) is -0.722. The average Bonchev–Trinajstić information content (AvgIpc) is 2.05. The highest BCUT2D eigenvalue weighted by Gasteiger charge is 1.67. The summed E-state index contributed by atoms with van der Waals surface area (Å²) in [6.07, 6.45) is 0. The molecule has 4 heteroatoms.